The SMILES string of the molecule is c1ccc(-c2cccc(-c3nc(-c4cccc(-c5nc6ccccc6c6nc7ccccn7c56)c4)c4ccccc4n3)c2)cc1. The minimum Gasteiger partial charge on any atom is -0.298 e. The summed E-state index contributed by atoms with van der Waals surface area (Å²) >= 11 is 0. The van der Waals surface area contributed by atoms with Crippen LogP contribution in [-0.2, 0) is 0 Å². The van der Waals surface area contributed by atoms with E-state index >= 15 is 0 Å². The summed E-state index contributed by atoms with van der Waals surface area (Å²) < 4.78 is 2.13. The molecule has 45 heavy (non-hydrogen) atoms. The Bertz CT molecular complexity index is 2550. The number of benzene rings is 5. The topological polar surface area (TPSA) is 56.0 Å². The van der Waals surface area contributed by atoms with Gasteiger partial charge in [-0.25, -0.2) is 19.9 Å². The number of nitrogens with zero attached hydrogens (tertiary/aromatic N) is 5. The zero-order valence-corrected chi connectivity index (χ0v) is 24.2. The van der Waals surface area contributed by atoms with E-state index in [2.05, 4.69) is 108 Å². The van der Waals surface area contributed by atoms with Crippen LogP contribution in [0.25, 0.3) is 83.5 Å². The summed E-state index contributed by atoms with van der Waals surface area (Å²) in [5.41, 5.74) is 11.7. The molecule has 0 aliphatic rings. The van der Waals surface area contributed by atoms with E-state index in [1.165, 1.54) is 0 Å². The fourth-order valence-corrected chi connectivity index (χ4v) is 6.26. The van der Waals surface area contributed by atoms with Crippen LogP contribution in [0, 0.1) is 0 Å². The molecular weight excluding hydrogens is 550 g/mol. The molecule has 0 unspecified atom stereocenters. The van der Waals surface area contributed by atoms with Crippen molar-refractivity contribution < 1.29 is 0 Å². The van der Waals surface area contributed by atoms with Crippen LogP contribution < -0.4 is 0 Å². The zero-order valence-electron chi connectivity index (χ0n) is 24.2. The lowest BCUT2D eigenvalue weighted by Crippen LogP contribution is -1.96. The Labute approximate surface area is 259 Å². The lowest BCUT2D eigenvalue weighted by Gasteiger charge is -2.12. The Morgan fingerprint density at radius 1 is 0.400 bits per heavy atom. The van der Waals surface area contributed by atoms with Crippen LogP contribution in [0.5, 0.6) is 0 Å². The predicted octanol–water partition coefficient (Wildman–Crippen LogP) is 9.65. The fourth-order valence-electron chi connectivity index (χ4n) is 6.26. The second-order valence-corrected chi connectivity index (χ2v) is 11.2. The molecule has 210 valence electrons. The molecule has 9 rings (SSSR count). The Hall–Kier alpha value is -6.20. The first-order valence-electron chi connectivity index (χ1n) is 15.0. The van der Waals surface area contributed by atoms with E-state index < -0.39 is 0 Å². The molecule has 0 atom stereocenters. The molecule has 0 aliphatic heterocycles. The van der Waals surface area contributed by atoms with E-state index in [0.29, 0.717) is 5.82 Å². The molecule has 0 amide bonds. The third-order valence-electron chi connectivity index (χ3n) is 8.39. The van der Waals surface area contributed by atoms with Crippen LogP contribution in [0.1, 0.15) is 0 Å². The molecule has 4 heterocycles. The molecule has 9 aromatic rings. The maximum Gasteiger partial charge on any atom is 0.160 e. The van der Waals surface area contributed by atoms with Gasteiger partial charge in [-0.3, -0.25) is 4.40 Å². The van der Waals surface area contributed by atoms with Crippen LogP contribution in [-0.4, -0.2) is 24.3 Å². The van der Waals surface area contributed by atoms with Crippen LogP contribution in [0.2, 0.25) is 0 Å². The normalized spacial score (nSPS) is 11.6. The van der Waals surface area contributed by atoms with Gasteiger partial charge in [0, 0.05) is 33.7 Å². The minimum atomic E-state index is 0.694. The average molecular weight is 576 g/mol. The molecule has 4 aromatic heterocycles. The Morgan fingerprint density at radius 2 is 1.02 bits per heavy atom. The van der Waals surface area contributed by atoms with Crippen molar-refractivity contribution in [3.63, 3.8) is 0 Å². The number of para-hydroxylation sites is 2. The maximum atomic E-state index is 5.21. The van der Waals surface area contributed by atoms with Gasteiger partial charge in [0.05, 0.1) is 27.9 Å². The zero-order chi connectivity index (χ0) is 29.7. The second-order valence-electron chi connectivity index (χ2n) is 11.2. The van der Waals surface area contributed by atoms with Gasteiger partial charge in [0.2, 0.25) is 0 Å². The van der Waals surface area contributed by atoms with Crippen molar-refractivity contribution in [2.45, 2.75) is 0 Å². The largest absolute Gasteiger partial charge is 0.298 e. The summed E-state index contributed by atoms with van der Waals surface area (Å²) in [6, 6.07) is 49.9. The number of hydrogen-bond donors (Lipinski definition) is 0. The highest BCUT2D eigenvalue weighted by Gasteiger charge is 2.18. The summed E-state index contributed by atoms with van der Waals surface area (Å²) in [5, 5.41) is 2.05. The smallest absolute Gasteiger partial charge is 0.160 e. The molecule has 5 nitrogen and oxygen atoms in total. The van der Waals surface area contributed by atoms with Crippen molar-refractivity contribution >= 4 is 38.5 Å². The van der Waals surface area contributed by atoms with Gasteiger partial charge in [0.1, 0.15) is 11.2 Å². The molecule has 0 radical (unpaired) electrons. The summed E-state index contributed by atoms with van der Waals surface area (Å²) in [7, 11) is 0. The van der Waals surface area contributed by atoms with E-state index in [1.54, 1.807) is 0 Å². The van der Waals surface area contributed by atoms with E-state index in [0.717, 1.165) is 77.7 Å². The van der Waals surface area contributed by atoms with Gasteiger partial charge in [0.15, 0.2) is 5.82 Å². The van der Waals surface area contributed by atoms with Crippen molar-refractivity contribution in [2.75, 3.05) is 0 Å². The molecule has 0 bridgehead atoms. The van der Waals surface area contributed by atoms with Gasteiger partial charge >= 0.3 is 0 Å². The van der Waals surface area contributed by atoms with Gasteiger partial charge in [-0.1, -0.05) is 109 Å². The number of aromatic nitrogens is 5. The number of rotatable bonds is 4. The van der Waals surface area contributed by atoms with Crippen LogP contribution in [0.15, 0.2) is 152 Å². The van der Waals surface area contributed by atoms with Crippen molar-refractivity contribution in [3.8, 4) is 45.0 Å². The number of hydrogen-bond acceptors (Lipinski definition) is 4. The van der Waals surface area contributed by atoms with Crippen molar-refractivity contribution in [1.82, 2.24) is 24.3 Å². The Balaban J connectivity index is 1.25. The fraction of sp³-hybridized carbons (Fsp3) is 0. The van der Waals surface area contributed by atoms with Crippen molar-refractivity contribution in [2.24, 2.45) is 0 Å². The van der Waals surface area contributed by atoms with Crippen LogP contribution in [0.3, 0.4) is 0 Å². The number of imidazole rings is 1. The van der Waals surface area contributed by atoms with Gasteiger partial charge in [0.25, 0.3) is 0 Å². The van der Waals surface area contributed by atoms with Gasteiger partial charge in [-0.15, -0.1) is 0 Å². The molecular formula is C40H25N5. The monoisotopic (exact) mass is 575 g/mol. The van der Waals surface area contributed by atoms with E-state index in [1.807, 2.05) is 48.5 Å². The highest BCUT2D eigenvalue weighted by atomic mass is 15.0. The average Bonchev–Trinajstić information content (AvgIpc) is 3.51. The standard InChI is InChI=1S/C40H25N5/c1-2-12-26(13-3-1)27-14-10-17-30(24-27)40-42-34-21-7-4-18-31(34)36(44-40)28-15-11-16-29(25-28)37-39-38(32-19-5-6-20-33(32)41-37)43-35-22-8-9-23-45(35)39/h1-25H. The molecule has 0 aliphatic carbocycles. The molecule has 0 spiro atoms. The van der Waals surface area contributed by atoms with E-state index in [9.17, 15) is 0 Å². The van der Waals surface area contributed by atoms with Crippen molar-refractivity contribution in [1.29, 1.82) is 0 Å². The van der Waals surface area contributed by atoms with E-state index in [4.69, 9.17) is 19.9 Å². The molecule has 5 aromatic carbocycles. The lowest BCUT2D eigenvalue weighted by atomic mass is 10.00. The van der Waals surface area contributed by atoms with Gasteiger partial charge in [-0.2, -0.15) is 0 Å². The predicted molar refractivity (Wildman–Crippen MR) is 183 cm³/mol. The Kier molecular flexibility index (Phi) is 5.74. The first-order valence-corrected chi connectivity index (χ1v) is 15.0. The van der Waals surface area contributed by atoms with E-state index in [-0.39, 0.29) is 0 Å². The molecule has 0 saturated heterocycles. The minimum absolute atomic E-state index is 0.694. The number of pyridine rings is 2. The quantitative estimate of drug-likeness (QED) is 0.210. The summed E-state index contributed by atoms with van der Waals surface area (Å²) in [6.45, 7) is 0. The first kappa shape index (κ1) is 25.3. The molecule has 0 saturated carbocycles. The van der Waals surface area contributed by atoms with Crippen LogP contribution in [0.4, 0.5) is 0 Å². The number of fused-ring (bicyclic) bond motifs is 6. The second kappa shape index (κ2) is 10.2. The highest BCUT2D eigenvalue weighted by molar-refractivity contribution is 6.09. The Morgan fingerprint density at radius 3 is 1.87 bits per heavy atom. The molecule has 0 N–H and O–H groups in total. The maximum absolute atomic E-state index is 5.21. The summed E-state index contributed by atoms with van der Waals surface area (Å²) in [6.07, 6.45) is 2.06. The van der Waals surface area contributed by atoms with Crippen molar-refractivity contribution in [3.05, 3.63) is 152 Å². The molecule has 5 heteroatoms. The lowest BCUT2D eigenvalue weighted by molar-refractivity contribution is 1.22. The first-order chi connectivity index (χ1) is 22.3. The third-order valence-corrected chi connectivity index (χ3v) is 8.39. The third kappa shape index (κ3) is 4.25. The van der Waals surface area contributed by atoms with Gasteiger partial charge < -0.3 is 0 Å². The van der Waals surface area contributed by atoms with Gasteiger partial charge in [-0.05, 0) is 47.5 Å². The molecule has 0 fully saturated rings. The summed E-state index contributed by atoms with van der Waals surface area (Å²) in [4.78, 5) is 20.5. The highest BCUT2D eigenvalue weighted by Crippen LogP contribution is 2.36. The summed E-state index contributed by atoms with van der Waals surface area (Å²) in [5.74, 6) is 0.694. The van der Waals surface area contributed by atoms with Crippen LogP contribution >= 0.6 is 0 Å².